The summed E-state index contributed by atoms with van der Waals surface area (Å²) in [6.07, 6.45) is 6.90. The molecule has 2 aromatic rings. The van der Waals surface area contributed by atoms with Crippen LogP contribution in [-0.2, 0) is 19.5 Å². The maximum absolute atomic E-state index is 5.45. The number of nitrogens with zero attached hydrogens (tertiary/aromatic N) is 4. The number of benzene rings is 1. The number of methoxy groups -OCH3 is 2. The summed E-state index contributed by atoms with van der Waals surface area (Å²) in [6.45, 7) is 9.70. The Morgan fingerprint density at radius 3 is 2.73 bits per heavy atom. The average molecular weight is 415 g/mol. The molecule has 2 heterocycles. The predicted molar refractivity (Wildman–Crippen MR) is 121 cm³/mol. The molecule has 1 saturated heterocycles. The third-order valence-corrected chi connectivity index (χ3v) is 6.20. The molecule has 1 aliphatic rings. The van der Waals surface area contributed by atoms with Gasteiger partial charge in [0.2, 0.25) is 0 Å². The van der Waals surface area contributed by atoms with Crippen molar-refractivity contribution < 1.29 is 9.47 Å². The van der Waals surface area contributed by atoms with Crippen LogP contribution in [0.4, 0.5) is 0 Å². The van der Waals surface area contributed by atoms with E-state index >= 15 is 0 Å². The normalized spacial score (nSPS) is 17.5. The van der Waals surface area contributed by atoms with E-state index in [-0.39, 0.29) is 0 Å². The van der Waals surface area contributed by atoms with Crippen LogP contribution in [0.2, 0.25) is 0 Å². The van der Waals surface area contributed by atoms with Gasteiger partial charge in [-0.15, -0.1) is 0 Å². The molecular weight excluding hydrogens is 376 g/mol. The maximum atomic E-state index is 5.45. The number of piperidine rings is 1. The summed E-state index contributed by atoms with van der Waals surface area (Å²) in [5, 5.41) is 4.67. The highest BCUT2D eigenvalue weighted by Crippen LogP contribution is 2.28. The molecular formula is C24H38N4O2. The van der Waals surface area contributed by atoms with Gasteiger partial charge in [0.05, 0.1) is 19.9 Å². The molecule has 6 nitrogen and oxygen atoms in total. The standard InChI is InChI=1S/C24H38N4O2/c1-6-12-28-17-21(19(2)25-28)16-27-13-7-8-22(18-27)26(3)14-11-20-9-10-23(29-4)24(15-20)30-5/h9-10,15,17,22H,6-8,11-14,16,18H2,1-5H3/t22-/m1/s1. The van der Waals surface area contributed by atoms with Crippen molar-refractivity contribution >= 4 is 0 Å². The van der Waals surface area contributed by atoms with Crippen LogP contribution >= 0.6 is 0 Å². The Hall–Kier alpha value is -2.05. The van der Waals surface area contributed by atoms with E-state index in [0.717, 1.165) is 50.5 Å². The summed E-state index contributed by atoms with van der Waals surface area (Å²) in [4.78, 5) is 5.12. The highest BCUT2D eigenvalue weighted by atomic mass is 16.5. The summed E-state index contributed by atoms with van der Waals surface area (Å²) >= 11 is 0. The number of likely N-dealkylation sites (tertiary alicyclic amines) is 1. The Kier molecular flexibility index (Phi) is 8.16. The lowest BCUT2D eigenvalue weighted by atomic mass is 10.0. The molecule has 3 rings (SSSR count). The van der Waals surface area contributed by atoms with Crippen LogP contribution in [-0.4, -0.2) is 66.5 Å². The van der Waals surface area contributed by atoms with Crippen molar-refractivity contribution in [1.29, 1.82) is 0 Å². The zero-order valence-electron chi connectivity index (χ0n) is 19.4. The lowest BCUT2D eigenvalue weighted by Gasteiger charge is -2.37. The van der Waals surface area contributed by atoms with E-state index in [1.165, 1.54) is 36.2 Å². The molecule has 0 saturated carbocycles. The van der Waals surface area contributed by atoms with Gasteiger partial charge in [-0.1, -0.05) is 13.0 Å². The molecule has 0 N–H and O–H groups in total. The fraction of sp³-hybridized carbons (Fsp3) is 0.625. The number of rotatable bonds is 10. The summed E-state index contributed by atoms with van der Waals surface area (Å²) in [7, 11) is 5.63. The van der Waals surface area contributed by atoms with Gasteiger partial charge in [0.15, 0.2) is 11.5 Å². The summed E-state index contributed by atoms with van der Waals surface area (Å²) in [5.74, 6) is 1.59. The highest BCUT2D eigenvalue weighted by molar-refractivity contribution is 5.42. The van der Waals surface area contributed by atoms with Crippen molar-refractivity contribution in [2.45, 2.75) is 58.7 Å². The van der Waals surface area contributed by atoms with Crippen LogP contribution in [0, 0.1) is 6.92 Å². The number of hydrogen-bond donors (Lipinski definition) is 0. The molecule has 0 bridgehead atoms. The molecule has 1 atom stereocenters. The van der Waals surface area contributed by atoms with Gasteiger partial charge in [0.25, 0.3) is 0 Å². The van der Waals surface area contributed by atoms with Crippen LogP contribution in [0.1, 0.15) is 43.0 Å². The Bertz CT molecular complexity index is 804. The molecule has 0 unspecified atom stereocenters. The van der Waals surface area contributed by atoms with Crippen molar-refractivity contribution in [3.05, 3.63) is 41.2 Å². The Morgan fingerprint density at radius 1 is 1.20 bits per heavy atom. The van der Waals surface area contributed by atoms with Gasteiger partial charge in [0.1, 0.15) is 0 Å². The van der Waals surface area contributed by atoms with Crippen molar-refractivity contribution in [1.82, 2.24) is 19.6 Å². The first-order chi connectivity index (χ1) is 14.5. The van der Waals surface area contributed by atoms with Gasteiger partial charge in [-0.05, 0) is 63.9 Å². The number of hydrogen-bond acceptors (Lipinski definition) is 5. The largest absolute Gasteiger partial charge is 0.493 e. The highest BCUT2D eigenvalue weighted by Gasteiger charge is 2.24. The molecule has 1 aromatic heterocycles. The quantitative estimate of drug-likeness (QED) is 0.592. The van der Waals surface area contributed by atoms with Gasteiger partial charge in [-0.2, -0.15) is 5.10 Å². The average Bonchev–Trinajstić information content (AvgIpc) is 3.10. The van der Waals surface area contributed by atoms with E-state index in [9.17, 15) is 0 Å². The number of aryl methyl sites for hydroxylation is 2. The van der Waals surface area contributed by atoms with Crippen molar-refractivity contribution in [3.8, 4) is 11.5 Å². The number of likely N-dealkylation sites (N-methyl/N-ethyl adjacent to an activating group) is 1. The van der Waals surface area contributed by atoms with Gasteiger partial charge < -0.3 is 14.4 Å². The first-order valence-electron chi connectivity index (χ1n) is 11.2. The first kappa shape index (κ1) is 22.6. The van der Waals surface area contributed by atoms with Crippen LogP contribution < -0.4 is 9.47 Å². The minimum Gasteiger partial charge on any atom is -0.493 e. The summed E-state index contributed by atoms with van der Waals surface area (Å²) in [6, 6.07) is 6.83. The molecule has 1 fully saturated rings. The molecule has 0 spiro atoms. The fourth-order valence-corrected chi connectivity index (χ4v) is 4.36. The van der Waals surface area contributed by atoms with Crippen LogP contribution in [0.25, 0.3) is 0 Å². The minimum atomic E-state index is 0.602. The molecule has 0 amide bonds. The van der Waals surface area contributed by atoms with Crippen molar-refractivity contribution in [2.75, 3.05) is 40.9 Å². The molecule has 1 aromatic carbocycles. The summed E-state index contributed by atoms with van der Waals surface area (Å²) in [5.41, 5.74) is 3.83. The second kappa shape index (κ2) is 10.8. The number of ether oxygens (including phenoxy) is 2. The van der Waals surface area contributed by atoms with E-state index in [1.54, 1.807) is 14.2 Å². The molecule has 6 heteroatoms. The smallest absolute Gasteiger partial charge is 0.160 e. The SMILES string of the molecule is CCCn1cc(CN2CCC[C@@H](N(C)CCc3ccc(OC)c(OC)c3)C2)c(C)n1. The van der Waals surface area contributed by atoms with E-state index in [1.807, 2.05) is 6.07 Å². The zero-order chi connectivity index (χ0) is 21.5. The predicted octanol–water partition coefficient (Wildman–Crippen LogP) is 3.76. The third kappa shape index (κ3) is 5.76. The second-order valence-electron chi connectivity index (χ2n) is 8.45. The van der Waals surface area contributed by atoms with Crippen LogP contribution in [0.15, 0.2) is 24.4 Å². The fourth-order valence-electron chi connectivity index (χ4n) is 4.36. The van der Waals surface area contributed by atoms with E-state index in [0.29, 0.717) is 6.04 Å². The van der Waals surface area contributed by atoms with Crippen molar-refractivity contribution in [2.24, 2.45) is 0 Å². The Morgan fingerprint density at radius 2 is 2.00 bits per heavy atom. The molecule has 166 valence electrons. The molecule has 0 aliphatic carbocycles. The second-order valence-corrected chi connectivity index (χ2v) is 8.45. The van der Waals surface area contributed by atoms with Gasteiger partial charge >= 0.3 is 0 Å². The van der Waals surface area contributed by atoms with E-state index in [4.69, 9.17) is 9.47 Å². The van der Waals surface area contributed by atoms with Gasteiger partial charge in [-0.25, -0.2) is 0 Å². The van der Waals surface area contributed by atoms with Crippen LogP contribution in [0.5, 0.6) is 11.5 Å². The van der Waals surface area contributed by atoms with Crippen molar-refractivity contribution in [3.63, 3.8) is 0 Å². The topological polar surface area (TPSA) is 42.8 Å². The number of aromatic nitrogens is 2. The molecule has 30 heavy (non-hydrogen) atoms. The first-order valence-corrected chi connectivity index (χ1v) is 11.2. The Balaban J connectivity index is 1.53. The summed E-state index contributed by atoms with van der Waals surface area (Å²) < 4.78 is 12.9. The van der Waals surface area contributed by atoms with Crippen LogP contribution in [0.3, 0.4) is 0 Å². The van der Waals surface area contributed by atoms with E-state index in [2.05, 4.69) is 58.8 Å². The van der Waals surface area contributed by atoms with Gasteiger partial charge in [-0.3, -0.25) is 9.58 Å². The minimum absolute atomic E-state index is 0.602. The third-order valence-electron chi connectivity index (χ3n) is 6.20. The maximum Gasteiger partial charge on any atom is 0.160 e. The lowest BCUT2D eigenvalue weighted by molar-refractivity contribution is 0.112. The molecule has 0 radical (unpaired) electrons. The lowest BCUT2D eigenvalue weighted by Crippen LogP contribution is -2.46. The Labute approximate surface area is 181 Å². The monoisotopic (exact) mass is 414 g/mol. The zero-order valence-corrected chi connectivity index (χ0v) is 19.4. The van der Waals surface area contributed by atoms with E-state index < -0.39 is 0 Å². The van der Waals surface area contributed by atoms with Gasteiger partial charge in [0, 0.05) is 44.0 Å². The molecule has 1 aliphatic heterocycles.